The lowest BCUT2D eigenvalue weighted by atomic mass is 10.0. The second kappa shape index (κ2) is 7.03. The molecule has 3 aromatic heterocycles. The van der Waals surface area contributed by atoms with Crippen molar-refractivity contribution < 1.29 is 0 Å². The molecule has 0 amide bonds. The second-order valence-electron chi connectivity index (χ2n) is 5.97. The van der Waals surface area contributed by atoms with Crippen molar-refractivity contribution in [1.82, 2.24) is 19.7 Å². The van der Waals surface area contributed by atoms with E-state index in [2.05, 4.69) is 57.0 Å². The second-order valence-corrected chi connectivity index (χ2v) is 6.83. The highest BCUT2D eigenvalue weighted by molar-refractivity contribution is 7.17. The first-order valence-corrected chi connectivity index (χ1v) is 9.20. The quantitative estimate of drug-likeness (QED) is 0.525. The number of thiophene rings is 1. The van der Waals surface area contributed by atoms with E-state index < -0.39 is 0 Å². The lowest BCUT2D eigenvalue weighted by molar-refractivity contribution is 0.591. The lowest BCUT2D eigenvalue weighted by Gasteiger charge is -2.09. The van der Waals surface area contributed by atoms with E-state index in [4.69, 9.17) is 0 Å². The Bertz CT molecular complexity index is 957. The molecule has 6 heteroatoms. The molecule has 5 nitrogen and oxygen atoms in total. The average molecular weight is 349 g/mol. The minimum Gasteiger partial charge on any atom is -0.369 e. The van der Waals surface area contributed by atoms with Crippen molar-refractivity contribution in [3.8, 4) is 11.1 Å². The van der Waals surface area contributed by atoms with Crippen molar-refractivity contribution in [3.05, 3.63) is 60.0 Å². The maximum Gasteiger partial charge on any atom is 0.138 e. The van der Waals surface area contributed by atoms with Crippen molar-refractivity contribution in [2.75, 3.05) is 11.9 Å². The third kappa shape index (κ3) is 3.39. The summed E-state index contributed by atoms with van der Waals surface area (Å²) in [7, 11) is 0. The summed E-state index contributed by atoms with van der Waals surface area (Å²) in [5.74, 6) is 0.905. The number of nitrogens with zero attached hydrogens (tertiary/aromatic N) is 4. The summed E-state index contributed by atoms with van der Waals surface area (Å²) in [6.45, 7) is 3.84. The van der Waals surface area contributed by atoms with Gasteiger partial charge in [-0.25, -0.2) is 9.97 Å². The number of hydrogen-bond acceptors (Lipinski definition) is 5. The van der Waals surface area contributed by atoms with Crippen LogP contribution in [0, 0.1) is 6.92 Å². The van der Waals surface area contributed by atoms with E-state index in [1.165, 1.54) is 16.7 Å². The van der Waals surface area contributed by atoms with Crippen molar-refractivity contribution >= 4 is 27.4 Å². The fourth-order valence-corrected chi connectivity index (χ4v) is 3.75. The predicted molar refractivity (Wildman–Crippen MR) is 103 cm³/mol. The van der Waals surface area contributed by atoms with Gasteiger partial charge in [0.2, 0.25) is 0 Å². The SMILES string of the molecule is Cc1ccc(-c2csc3ncnc(NCCCn4cccn4)c23)cc1. The van der Waals surface area contributed by atoms with Gasteiger partial charge in [0.25, 0.3) is 0 Å². The molecule has 0 atom stereocenters. The number of fused-ring (bicyclic) bond motifs is 1. The molecule has 0 aliphatic carbocycles. The van der Waals surface area contributed by atoms with Crippen LogP contribution in [-0.4, -0.2) is 26.3 Å². The summed E-state index contributed by atoms with van der Waals surface area (Å²) >= 11 is 1.66. The number of nitrogens with one attached hydrogen (secondary N) is 1. The van der Waals surface area contributed by atoms with E-state index >= 15 is 0 Å². The molecule has 126 valence electrons. The molecule has 3 heterocycles. The van der Waals surface area contributed by atoms with Crippen LogP contribution in [0.25, 0.3) is 21.3 Å². The van der Waals surface area contributed by atoms with Crippen molar-refractivity contribution in [2.24, 2.45) is 0 Å². The monoisotopic (exact) mass is 349 g/mol. The Morgan fingerprint density at radius 1 is 1.16 bits per heavy atom. The van der Waals surface area contributed by atoms with Gasteiger partial charge in [0.15, 0.2) is 0 Å². The zero-order chi connectivity index (χ0) is 17.1. The van der Waals surface area contributed by atoms with E-state index in [1.54, 1.807) is 23.9 Å². The normalized spacial score (nSPS) is 11.1. The van der Waals surface area contributed by atoms with Gasteiger partial charge in [-0.3, -0.25) is 4.68 Å². The summed E-state index contributed by atoms with van der Waals surface area (Å²) in [5, 5.41) is 11.0. The van der Waals surface area contributed by atoms with Crippen LogP contribution in [0.2, 0.25) is 0 Å². The van der Waals surface area contributed by atoms with Crippen molar-refractivity contribution in [1.29, 1.82) is 0 Å². The first kappa shape index (κ1) is 15.8. The Labute approximate surface area is 150 Å². The van der Waals surface area contributed by atoms with Gasteiger partial charge in [0, 0.05) is 36.4 Å². The fourth-order valence-electron chi connectivity index (χ4n) is 2.84. The minimum absolute atomic E-state index is 0.842. The molecular weight excluding hydrogens is 330 g/mol. The minimum atomic E-state index is 0.842. The molecule has 4 aromatic rings. The predicted octanol–water partition coefficient (Wildman–Crippen LogP) is 4.37. The van der Waals surface area contributed by atoms with Crippen LogP contribution in [-0.2, 0) is 6.54 Å². The molecule has 0 saturated heterocycles. The number of anilines is 1. The molecule has 0 fully saturated rings. The van der Waals surface area contributed by atoms with Gasteiger partial charge in [-0.1, -0.05) is 29.8 Å². The third-order valence-electron chi connectivity index (χ3n) is 4.15. The number of rotatable bonds is 6. The molecule has 0 radical (unpaired) electrons. The largest absolute Gasteiger partial charge is 0.369 e. The van der Waals surface area contributed by atoms with Crippen LogP contribution < -0.4 is 5.32 Å². The Morgan fingerprint density at radius 2 is 2.04 bits per heavy atom. The highest BCUT2D eigenvalue weighted by Gasteiger charge is 2.12. The number of aryl methyl sites for hydroxylation is 2. The summed E-state index contributed by atoms with van der Waals surface area (Å²) < 4.78 is 1.94. The Kier molecular flexibility index (Phi) is 4.43. The molecule has 1 aromatic carbocycles. The Balaban J connectivity index is 1.56. The summed E-state index contributed by atoms with van der Waals surface area (Å²) in [6.07, 6.45) is 6.41. The van der Waals surface area contributed by atoms with Gasteiger partial charge < -0.3 is 5.32 Å². The van der Waals surface area contributed by atoms with E-state index in [0.29, 0.717) is 0 Å². The van der Waals surface area contributed by atoms with Crippen molar-refractivity contribution in [2.45, 2.75) is 19.9 Å². The summed E-state index contributed by atoms with van der Waals surface area (Å²) in [4.78, 5) is 9.92. The van der Waals surface area contributed by atoms with Crippen LogP contribution in [0.3, 0.4) is 0 Å². The summed E-state index contributed by atoms with van der Waals surface area (Å²) in [5.41, 5.74) is 3.65. The van der Waals surface area contributed by atoms with Crippen LogP contribution in [0.1, 0.15) is 12.0 Å². The van der Waals surface area contributed by atoms with Gasteiger partial charge in [-0.2, -0.15) is 5.10 Å². The van der Waals surface area contributed by atoms with E-state index in [9.17, 15) is 0 Å². The number of aromatic nitrogens is 4. The molecule has 25 heavy (non-hydrogen) atoms. The zero-order valence-electron chi connectivity index (χ0n) is 14.0. The molecular formula is C19H19N5S. The highest BCUT2D eigenvalue weighted by atomic mass is 32.1. The fraction of sp³-hybridized carbons (Fsp3) is 0.211. The van der Waals surface area contributed by atoms with E-state index in [0.717, 1.165) is 35.5 Å². The van der Waals surface area contributed by atoms with Gasteiger partial charge in [-0.15, -0.1) is 11.3 Å². The molecule has 0 aliphatic rings. The first-order chi connectivity index (χ1) is 12.3. The van der Waals surface area contributed by atoms with Crippen LogP contribution in [0.5, 0.6) is 0 Å². The molecule has 1 N–H and O–H groups in total. The molecule has 0 spiro atoms. The van der Waals surface area contributed by atoms with Gasteiger partial charge >= 0.3 is 0 Å². The van der Waals surface area contributed by atoms with Gasteiger partial charge in [0.05, 0.1) is 5.39 Å². The first-order valence-electron chi connectivity index (χ1n) is 8.32. The van der Waals surface area contributed by atoms with Crippen molar-refractivity contribution in [3.63, 3.8) is 0 Å². The topological polar surface area (TPSA) is 55.6 Å². The lowest BCUT2D eigenvalue weighted by Crippen LogP contribution is -2.08. The maximum atomic E-state index is 4.48. The zero-order valence-corrected chi connectivity index (χ0v) is 14.8. The number of benzene rings is 1. The molecule has 0 saturated carbocycles. The smallest absolute Gasteiger partial charge is 0.138 e. The standard InChI is InChI=1S/C19H19N5S/c1-14-4-6-15(7-5-14)16-12-25-19-17(16)18(21-13-22-19)20-8-2-10-24-11-3-9-23-24/h3-7,9,11-13H,2,8,10H2,1H3,(H,20,21,22). The molecule has 0 unspecified atom stereocenters. The van der Waals surface area contributed by atoms with Crippen LogP contribution in [0.15, 0.2) is 54.4 Å². The number of hydrogen-bond donors (Lipinski definition) is 1. The summed E-state index contributed by atoms with van der Waals surface area (Å²) in [6, 6.07) is 10.5. The maximum absolute atomic E-state index is 4.48. The third-order valence-corrected chi connectivity index (χ3v) is 5.03. The van der Waals surface area contributed by atoms with Gasteiger partial charge in [-0.05, 0) is 25.0 Å². The average Bonchev–Trinajstić information content (AvgIpc) is 3.29. The Morgan fingerprint density at radius 3 is 2.84 bits per heavy atom. The Hall–Kier alpha value is -2.73. The highest BCUT2D eigenvalue weighted by Crippen LogP contribution is 2.36. The van der Waals surface area contributed by atoms with E-state index in [1.807, 2.05) is 16.9 Å². The molecule has 0 bridgehead atoms. The van der Waals surface area contributed by atoms with Gasteiger partial charge in [0.1, 0.15) is 17.0 Å². The molecule has 0 aliphatic heterocycles. The van der Waals surface area contributed by atoms with Crippen LogP contribution >= 0.6 is 11.3 Å². The van der Waals surface area contributed by atoms with E-state index in [-0.39, 0.29) is 0 Å². The van der Waals surface area contributed by atoms with Crippen LogP contribution in [0.4, 0.5) is 5.82 Å². The molecule has 4 rings (SSSR count).